The van der Waals surface area contributed by atoms with Gasteiger partial charge in [0.05, 0.1) is 5.57 Å². The van der Waals surface area contributed by atoms with Gasteiger partial charge in [-0.25, -0.2) is 0 Å². The second-order valence-corrected chi connectivity index (χ2v) is 8.62. The summed E-state index contributed by atoms with van der Waals surface area (Å²) in [5, 5.41) is 15.6. The molecule has 0 saturated heterocycles. The Balaban J connectivity index is 1.51. The molecule has 1 N–H and O–H groups in total. The Morgan fingerprint density at radius 3 is 2.59 bits per heavy atom. The van der Waals surface area contributed by atoms with Crippen LogP contribution >= 0.6 is 11.8 Å². The number of carbonyl (C=O) groups is 1. The molecule has 0 unspecified atom stereocenters. The van der Waals surface area contributed by atoms with Crippen molar-refractivity contribution in [3.63, 3.8) is 0 Å². The largest absolute Gasteiger partial charge is 0.318 e. The van der Waals surface area contributed by atoms with Gasteiger partial charge in [-0.05, 0) is 74.5 Å². The number of amides is 1. The predicted molar refractivity (Wildman–Crippen MR) is 128 cm³/mol. The van der Waals surface area contributed by atoms with Gasteiger partial charge in [-0.3, -0.25) is 15.2 Å². The Morgan fingerprint density at radius 1 is 1.09 bits per heavy atom. The van der Waals surface area contributed by atoms with Crippen LogP contribution in [-0.2, 0) is 4.79 Å². The van der Waals surface area contributed by atoms with Gasteiger partial charge in [0, 0.05) is 35.0 Å². The van der Waals surface area contributed by atoms with Gasteiger partial charge >= 0.3 is 0 Å². The van der Waals surface area contributed by atoms with Crippen molar-refractivity contribution in [3.8, 4) is 5.69 Å². The first-order chi connectivity index (χ1) is 15.4. The number of carbonyl (C=O) groups excluding carboxylic acids is 1. The normalized spacial score (nSPS) is 17.0. The van der Waals surface area contributed by atoms with E-state index in [0.29, 0.717) is 10.2 Å². The summed E-state index contributed by atoms with van der Waals surface area (Å²) in [6, 6.07) is 14.0. The van der Waals surface area contributed by atoms with Crippen LogP contribution < -0.4 is 0 Å². The van der Waals surface area contributed by atoms with Crippen LogP contribution in [0.15, 0.2) is 70.5 Å². The number of amidine groups is 2. The van der Waals surface area contributed by atoms with Crippen LogP contribution in [-0.4, -0.2) is 36.5 Å². The number of thioether (sulfide) groups is 1. The van der Waals surface area contributed by atoms with Crippen molar-refractivity contribution in [2.75, 3.05) is 0 Å². The van der Waals surface area contributed by atoms with Gasteiger partial charge in [0.1, 0.15) is 5.04 Å². The van der Waals surface area contributed by atoms with Crippen molar-refractivity contribution in [3.05, 3.63) is 88.5 Å². The van der Waals surface area contributed by atoms with Gasteiger partial charge in [-0.15, -0.1) is 0 Å². The lowest BCUT2D eigenvalue weighted by Crippen LogP contribution is -2.35. The minimum Gasteiger partial charge on any atom is -0.318 e. The van der Waals surface area contributed by atoms with Gasteiger partial charge < -0.3 is 4.57 Å². The highest BCUT2D eigenvalue weighted by Gasteiger charge is 2.36. The van der Waals surface area contributed by atoms with Gasteiger partial charge in [0.15, 0.2) is 5.84 Å². The van der Waals surface area contributed by atoms with Crippen molar-refractivity contribution in [1.82, 2.24) is 14.6 Å². The van der Waals surface area contributed by atoms with Gasteiger partial charge in [0.25, 0.3) is 5.91 Å². The number of nitrogens with zero attached hydrogens (tertiary/aromatic N) is 5. The van der Waals surface area contributed by atoms with E-state index in [1.165, 1.54) is 22.3 Å². The zero-order chi connectivity index (χ0) is 22.4. The molecule has 5 rings (SSSR count). The summed E-state index contributed by atoms with van der Waals surface area (Å²) in [4.78, 5) is 21.1. The third kappa shape index (κ3) is 3.38. The molecule has 2 aromatic heterocycles. The van der Waals surface area contributed by atoms with Crippen LogP contribution in [0.5, 0.6) is 0 Å². The smallest absolute Gasteiger partial charge is 0.283 e. The lowest BCUT2D eigenvalue weighted by atomic mass is 10.1. The summed E-state index contributed by atoms with van der Waals surface area (Å²) < 4.78 is 2.14. The molecule has 32 heavy (non-hydrogen) atoms. The van der Waals surface area contributed by atoms with Gasteiger partial charge in [-0.1, -0.05) is 17.7 Å². The van der Waals surface area contributed by atoms with E-state index in [-0.39, 0.29) is 11.4 Å². The number of rotatable bonds is 3. The summed E-state index contributed by atoms with van der Waals surface area (Å²) in [5.41, 5.74) is 6.20. The zero-order valence-electron chi connectivity index (χ0n) is 17.8. The Hall–Kier alpha value is -3.78. The number of hydrogen-bond donors (Lipinski definition) is 1. The molecule has 0 radical (unpaired) electrons. The van der Waals surface area contributed by atoms with Gasteiger partial charge in [-0.2, -0.15) is 15.1 Å². The summed E-state index contributed by atoms with van der Waals surface area (Å²) in [6.07, 6.45) is 5.13. The summed E-state index contributed by atoms with van der Waals surface area (Å²) >= 11 is 1.26. The molecule has 1 aromatic carbocycles. The van der Waals surface area contributed by atoms with Crippen LogP contribution in [0.1, 0.15) is 28.1 Å². The highest BCUT2D eigenvalue weighted by Crippen LogP contribution is 2.31. The van der Waals surface area contributed by atoms with E-state index in [1.54, 1.807) is 18.5 Å². The number of pyridine rings is 1. The maximum absolute atomic E-state index is 12.8. The fourth-order valence-electron chi connectivity index (χ4n) is 3.78. The third-order valence-corrected chi connectivity index (χ3v) is 6.38. The number of aromatic nitrogens is 2. The molecule has 1 amide bonds. The van der Waals surface area contributed by atoms with Crippen molar-refractivity contribution in [2.45, 2.75) is 20.8 Å². The van der Waals surface area contributed by atoms with E-state index >= 15 is 0 Å². The molecule has 0 spiro atoms. The highest BCUT2D eigenvalue weighted by atomic mass is 32.2. The maximum atomic E-state index is 12.8. The summed E-state index contributed by atoms with van der Waals surface area (Å²) in [5.74, 6) is -0.414. The number of aliphatic imine (C=N–C) groups is 1. The quantitative estimate of drug-likeness (QED) is 0.609. The number of benzene rings is 1. The molecule has 0 saturated carbocycles. The van der Waals surface area contributed by atoms with E-state index < -0.39 is 5.91 Å². The molecule has 7 nitrogen and oxygen atoms in total. The second-order valence-electron chi connectivity index (χ2n) is 7.66. The van der Waals surface area contributed by atoms with E-state index in [0.717, 1.165) is 28.2 Å². The average Bonchev–Trinajstić information content (AvgIpc) is 3.33. The van der Waals surface area contributed by atoms with Crippen LogP contribution in [0.3, 0.4) is 0 Å². The average molecular weight is 441 g/mol. The lowest BCUT2D eigenvalue weighted by Gasteiger charge is -2.20. The van der Waals surface area contributed by atoms with Crippen molar-refractivity contribution < 1.29 is 4.79 Å². The standard InChI is InChI=1S/C24H20N6OS/c1-14-6-8-19(9-7-14)29-15(2)11-18(16(29)3)12-20-21(25)30-24(27-22(20)31)32-23(28-30)17-5-4-10-26-13-17/h4-13,25H,1-3H3/b20-12+,25-21?. The minimum atomic E-state index is -0.434. The van der Waals surface area contributed by atoms with Crippen LogP contribution in [0.2, 0.25) is 0 Å². The molecule has 3 aromatic rings. The summed E-state index contributed by atoms with van der Waals surface area (Å²) in [6.45, 7) is 6.10. The first-order valence-electron chi connectivity index (χ1n) is 10.1. The molecule has 2 aliphatic heterocycles. The van der Waals surface area contributed by atoms with E-state index in [1.807, 2.05) is 32.0 Å². The number of nitrogens with one attached hydrogen (secondary N) is 1. The molecule has 158 valence electrons. The SMILES string of the molecule is Cc1ccc(-n2c(C)cc(/C=C3\C(=N)N4N=C(c5cccnc5)SC4=NC3=O)c2C)cc1. The lowest BCUT2D eigenvalue weighted by molar-refractivity contribution is -0.114. The molecule has 0 aliphatic carbocycles. The predicted octanol–water partition coefficient (Wildman–Crippen LogP) is 4.47. The molecular weight excluding hydrogens is 420 g/mol. The Bertz CT molecular complexity index is 1350. The number of hydrogen-bond acceptors (Lipinski definition) is 5. The minimum absolute atomic E-state index is 0.0199. The molecule has 2 aliphatic rings. The van der Waals surface area contributed by atoms with Crippen molar-refractivity contribution in [1.29, 1.82) is 5.41 Å². The number of hydrazone groups is 1. The topological polar surface area (TPSA) is 86.7 Å². The number of fused-ring (bicyclic) bond motifs is 1. The van der Waals surface area contributed by atoms with E-state index in [2.05, 4.69) is 50.8 Å². The summed E-state index contributed by atoms with van der Waals surface area (Å²) in [7, 11) is 0. The molecule has 0 bridgehead atoms. The van der Waals surface area contributed by atoms with Gasteiger partial charge in [0.2, 0.25) is 5.17 Å². The third-order valence-electron chi connectivity index (χ3n) is 5.43. The highest BCUT2D eigenvalue weighted by molar-refractivity contribution is 8.27. The second kappa shape index (κ2) is 7.72. The first kappa shape index (κ1) is 20.1. The van der Waals surface area contributed by atoms with Crippen LogP contribution in [0, 0.1) is 26.2 Å². The molecular formula is C24H20N6OS. The molecule has 0 atom stereocenters. The molecule has 4 heterocycles. The number of aryl methyl sites for hydroxylation is 2. The van der Waals surface area contributed by atoms with Crippen LogP contribution in [0.25, 0.3) is 11.8 Å². The fraction of sp³-hybridized carbons (Fsp3) is 0.125. The van der Waals surface area contributed by atoms with Crippen molar-refractivity contribution >= 4 is 39.8 Å². The van der Waals surface area contributed by atoms with E-state index in [9.17, 15) is 4.79 Å². The Morgan fingerprint density at radius 2 is 1.88 bits per heavy atom. The maximum Gasteiger partial charge on any atom is 0.283 e. The molecule has 8 heteroatoms. The fourth-order valence-corrected chi connectivity index (χ4v) is 4.66. The van der Waals surface area contributed by atoms with Crippen LogP contribution in [0.4, 0.5) is 0 Å². The first-order valence-corrected chi connectivity index (χ1v) is 10.9. The van der Waals surface area contributed by atoms with Crippen molar-refractivity contribution in [2.24, 2.45) is 10.1 Å². The van der Waals surface area contributed by atoms with E-state index in [4.69, 9.17) is 5.41 Å². The Kier molecular flexibility index (Phi) is 4.86. The zero-order valence-corrected chi connectivity index (χ0v) is 18.6. The molecule has 0 fully saturated rings. The monoisotopic (exact) mass is 440 g/mol. The Labute approximate surface area is 189 Å².